The normalized spacial score (nSPS) is 11.7. The molecule has 5 heteroatoms. The molecule has 4 nitrogen and oxygen atoms in total. The zero-order chi connectivity index (χ0) is 14.4. The molecule has 0 fully saturated rings. The summed E-state index contributed by atoms with van der Waals surface area (Å²) in [5.41, 5.74) is 0.996. The summed E-state index contributed by atoms with van der Waals surface area (Å²) < 4.78 is 5.54. The van der Waals surface area contributed by atoms with Gasteiger partial charge in [-0.1, -0.05) is 17.7 Å². The van der Waals surface area contributed by atoms with Crippen molar-refractivity contribution in [2.75, 3.05) is 0 Å². The highest BCUT2D eigenvalue weighted by Gasteiger charge is 2.14. The van der Waals surface area contributed by atoms with Crippen LogP contribution in [0.15, 0.2) is 48.8 Å². The third-order valence-electron chi connectivity index (χ3n) is 2.72. The van der Waals surface area contributed by atoms with Gasteiger partial charge in [-0.15, -0.1) is 0 Å². The van der Waals surface area contributed by atoms with E-state index in [4.69, 9.17) is 16.3 Å². The van der Waals surface area contributed by atoms with Crippen molar-refractivity contribution in [3.63, 3.8) is 0 Å². The largest absolute Gasteiger partial charge is 0.481 e. The molecule has 0 aliphatic rings. The summed E-state index contributed by atoms with van der Waals surface area (Å²) in [5.74, 6) is 0.405. The molecule has 0 bridgehead atoms. The van der Waals surface area contributed by atoms with Gasteiger partial charge in [-0.3, -0.25) is 4.79 Å². The summed E-state index contributed by atoms with van der Waals surface area (Å²) >= 11 is 5.87. The van der Waals surface area contributed by atoms with Crippen LogP contribution in [0.3, 0.4) is 0 Å². The van der Waals surface area contributed by atoms with Gasteiger partial charge >= 0.3 is 0 Å². The molecular weight excluding hydrogens is 276 g/mol. The third-order valence-corrected chi connectivity index (χ3v) is 2.95. The van der Waals surface area contributed by atoms with Gasteiger partial charge in [0.15, 0.2) is 18.5 Å². The van der Waals surface area contributed by atoms with Crippen LogP contribution in [0, 0.1) is 0 Å². The number of pyridine rings is 1. The lowest BCUT2D eigenvalue weighted by molar-refractivity contribution is -0.378. The predicted octanol–water partition coefficient (Wildman–Crippen LogP) is 2.24. The molecule has 0 saturated carbocycles. The van der Waals surface area contributed by atoms with Gasteiger partial charge in [-0.2, -0.15) is 0 Å². The third kappa shape index (κ3) is 4.24. The quantitative estimate of drug-likeness (QED) is 0.918. The average molecular weight is 292 g/mol. The topological polar surface area (TPSA) is 52.5 Å². The van der Waals surface area contributed by atoms with Crippen LogP contribution in [0.5, 0.6) is 5.75 Å². The van der Waals surface area contributed by atoms with Crippen LogP contribution in [0.25, 0.3) is 0 Å². The van der Waals surface area contributed by atoms with E-state index >= 15 is 0 Å². The molecule has 2 rings (SSSR count). The van der Waals surface area contributed by atoms with E-state index in [0.29, 0.717) is 17.3 Å². The van der Waals surface area contributed by atoms with Crippen molar-refractivity contribution < 1.29 is 14.5 Å². The minimum Gasteiger partial charge on any atom is -0.481 e. The molecule has 0 radical (unpaired) electrons. The Labute approximate surface area is 122 Å². The number of benzene rings is 1. The van der Waals surface area contributed by atoms with Gasteiger partial charge in [0.05, 0.1) is 0 Å². The molecule has 0 aliphatic carbocycles. The number of nitrogens with one attached hydrogen (secondary N) is 2. The highest BCUT2D eigenvalue weighted by molar-refractivity contribution is 6.30. The monoisotopic (exact) mass is 291 g/mol. The highest BCUT2D eigenvalue weighted by Crippen LogP contribution is 2.18. The molecule has 1 atom stereocenters. The lowest BCUT2D eigenvalue weighted by atomic mass is 10.2. The number of rotatable bonds is 5. The Morgan fingerprint density at radius 1 is 1.40 bits per heavy atom. The number of hydrogen-bond acceptors (Lipinski definition) is 2. The molecule has 1 aromatic heterocycles. The number of carbonyl (C=O) groups is 1. The lowest BCUT2D eigenvalue weighted by Crippen LogP contribution is -2.36. The number of aromatic amines is 1. The smallest absolute Gasteiger partial charge is 0.261 e. The molecule has 0 aliphatic heterocycles. The Bertz CT molecular complexity index is 575. The van der Waals surface area contributed by atoms with Crippen molar-refractivity contribution in [3.05, 3.63) is 59.4 Å². The standard InChI is InChI=1S/C15H15ClN2O2/c1-11(20-14-6-2-5-13(16)8-14)15(19)18-10-12-4-3-7-17-9-12/h2-9,11H,10H2,1H3,(H,18,19)/p+1. The predicted molar refractivity (Wildman–Crippen MR) is 76.4 cm³/mol. The number of carbonyl (C=O) groups excluding carboxylic acids is 1. The van der Waals surface area contributed by atoms with Crippen LogP contribution in [0.2, 0.25) is 5.02 Å². The maximum Gasteiger partial charge on any atom is 0.261 e. The van der Waals surface area contributed by atoms with Gasteiger partial charge in [0, 0.05) is 23.2 Å². The SMILES string of the molecule is CC(Oc1cccc(Cl)c1)C(=O)NCc1ccc[nH+]c1. The summed E-state index contributed by atoms with van der Waals surface area (Å²) in [4.78, 5) is 14.9. The van der Waals surface area contributed by atoms with Crippen LogP contribution >= 0.6 is 11.6 Å². The maximum absolute atomic E-state index is 11.9. The molecule has 1 unspecified atom stereocenters. The molecular formula is C15H16ClN2O2+. The molecule has 1 amide bonds. The van der Waals surface area contributed by atoms with Crippen molar-refractivity contribution in [3.8, 4) is 5.75 Å². The zero-order valence-corrected chi connectivity index (χ0v) is 11.9. The maximum atomic E-state index is 11.9. The summed E-state index contributed by atoms with van der Waals surface area (Å²) in [6, 6.07) is 10.8. The summed E-state index contributed by atoms with van der Waals surface area (Å²) in [5, 5.41) is 3.40. The fourth-order valence-electron chi connectivity index (χ4n) is 1.67. The highest BCUT2D eigenvalue weighted by atomic mass is 35.5. The second kappa shape index (κ2) is 6.91. The van der Waals surface area contributed by atoms with Crippen molar-refractivity contribution in [2.24, 2.45) is 0 Å². The summed E-state index contributed by atoms with van der Waals surface area (Å²) in [6.45, 7) is 2.16. The minimum atomic E-state index is -0.582. The van der Waals surface area contributed by atoms with Gasteiger partial charge in [-0.25, -0.2) is 4.98 Å². The first kappa shape index (κ1) is 14.3. The van der Waals surface area contributed by atoms with E-state index in [-0.39, 0.29) is 5.91 Å². The van der Waals surface area contributed by atoms with E-state index < -0.39 is 6.10 Å². The molecule has 20 heavy (non-hydrogen) atoms. The Morgan fingerprint density at radius 3 is 2.95 bits per heavy atom. The first-order valence-corrected chi connectivity index (χ1v) is 6.68. The Hall–Kier alpha value is -2.07. The molecule has 1 heterocycles. The average Bonchev–Trinajstić information content (AvgIpc) is 2.46. The molecule has 104 valence electrons. The van der Waals surface area contributed by atoms with E-state index in [2.05, 4.69) is 10.3 Å². The second-order valence-corrected chi connectivity index (χ2v) is 4.78. The van der Waals surface area contributed by atoms with Gasteiger partial charge in [-0.05, 0) is 31.2 Å². The van der Waals surface area contributed by atoms with Gasteiger partial charge < -0.3 is 10.1 Å². The minimum absolute atomic E-state index is 0.172. The first-order valence-electron chi connectivity index (χ1n) is 6.30. The van der Waals surface area contributed by atoms with Crippen molar-refractivity contribution in [1.29, 1.82) is 0 Å². The van der Waals surface area contributed by atoms with E-state index in [1.54, 1.807) is 31.2 Å². The van der Waals surface area contributed by atoms with Crippen molar-refractivity contribution in [2.45, 2.75) is 19.6 Å². The Kier molecular flexibility index (Phi) is 4.96. The lowest BCUT2D eigenvalue weighted by Gasteiger charge is -2.14. The Morgan fingerprint density at radius 2 is 2.25 bits per heavy atom. The fraction of sp³-hybridized carbons (Fsp3) is 0.200. The van der Waals surface area contributed by atoms with Crippen molar-refractivity contribution in [1.82, 2.24) is 5.32 Å². The molecule has 2 aromatic rings. The van der Waals surface area contributed by atoms with Crippen LogP contribution in [-0.2, 0) is 11.3 Å². The second-order valence-electron chi connectivity index (χ2n) is 4.35. The number of hydrogen-bond donors (Lipinski definition) is 1. The molecule has 0 saturated heterocycles. The zero-order valence-electron chi connectivity index (χ0n) is 11.1. The number of halogens is 1. The number of H-pyrrole nitrogens is 1. The van der Waals surface area contributed by atoms with Gasteiger partial charge in [0.1, 0.15) is 5.75 Å². The first-order chi connectivity index (χ1) is 9.65. The molecule has 0 spiro atoms. The van der Waals surface area contributed by atoms with E-state index in [9.17, 15) is 4.79 Å². The van der Waals surface area contributed by atoms with E-state index in [1.807, 2.05) is 24.5 Å². The van der Waals surface area contributed by atoms with Gasteiger partial charge in [0.2, 0.25) is 0 Å². The number of aromatic nitrogens is 1. The van der Waals surface area contributed by atoms with Crippen LogP contribution < -0.4 is 15.0 Å². The van der Waals surface area contributed by atoms with Crippen molar-refractivity contribution >= 4 is 17.5 Å². The van der Waals surface area contributed by atoms with E-state index in [0.717, 1.165) is 5.56 Å². The summed E-state index contributed by atoms with van der Waals surface area (Å²) in [7, 11) is 0. The van der Waals surface area contributed by atoms with Crippen LogP contribution in [0.4, 0.5) is 0 Å². The van der Waals surface area contributed by atoms with Gasteiger partial charge in [0.25, 0.3) is 5.91 Å². The Balaban J connectivity index is 1.86. The molecule has 2 N–H and O–H groups in total. The number of amides is 1. The number of ether oxygens (including phenoxy) is 1. The van der Waals surface area contributed by atoms with Crippen LogP contribution in [-0.4, -0.2) is 12.0 Å². The van der Waals surface area contributed by atoms with E-state index in [1.165, 1.54) is 0 Å². The fourth-order valence-corrected chi connectivity index (χ4v) is 1.85. The molecule has 1 aromatic carbocycles. The van der Waals surface area contributed by atoms with Crippen LogP contribution in [0.1, 0.15) is 12.5 Å². The summed E-state index contributed by atoms with van der Waals surface area (Å²) in [6.07, 6.45) is 3.07.